The average Bonchev–Trinajstić information content (AvgIpc) is 3.54. The molecule has 8 aromatic rings. The van der Waals surface area contributed by atoms with Crippen molar-refractivity contribution >= 4 is 43.6 Å². The Morgan fingerprint density at radius 1 is 0.421 bits per heavy atom. The van der Waals surface area contributed by atoms with Gasteiger partial charge in [-0.15, -0.1) is 0 Å². The first-order chi connectivity index (χ1) is 18.8. The smallest absolute Gasteiger partial charge is 0.0783 e. The maximum absolute atomic E-state index is 3.73. The lowest BCUT2D eigenvalue weighted by molar-refractivity contribution is 1.18. The first kappa shape index (κ1) is 21.0. The van der Waals surface area contributed by atoms with E-state index in [0.717, 1.165) is 5.69 Å². The van der Waals surface area contributed by atoms with Crippen LogP contribution in [0.25, 0.3) is 71.6 Å². The Kier molecular flexibility index (Phi) is 4.55. The summed E-state index contributed by atoms with van der Waals surface area (Å²) in [4.78, 5) is 3.73. The molecule has 0 atom stereocenters. The fraction of sp³-hybridized carbons (Fsp3) is 0. The molecule has 2 nitrogen and oxygen atoms in total. The van der Waals surface area contributed by atoms with E-state index in [1.807, 2.05) is 0 Å². The van der Waals surface area contributed by atoms with E-state index < -0.39 is 0 Å². The van der Waals surface area contributed by atoms with Crippen molar-refractivity contribution in [2.24, 2.45) is 0 Å². The second kappa shape index (κ2) is 8.22. The Hall–Kier alpha value is -5.08. The van der Waals surface area contributed by atoms with Gasteiger partial charge in [0, 0.05) is 32.7 Å². The lowest BCUT2D eigenvalue weighted by Crippen LogP contribution is -1.94. The zero-order valence-electron chi connectivity index (χ0n) is 20.7. The van der Waals surface area contributed by atoms with Crippen LogP contribution in [0.4, 0.5) is 0 Å². The highest BCUT2D eigenvalue weighted by molar-refractivity contribution is 6.22. The first-order valence-electron chi connectivity index (χ1n) is 13.0. The summed E-state index contributed by atoms with van der Waals surface area (Å²) < 4.78 is 2.41. The molecule has 2 aromatic heterocycles. The van der Waals surface area contributed by atoms with Crippen molar-refractivity contribution in [3.8, 4) is 27.9 Å². The third kappa shape index (κ3) is 3.14. The molecule has 2 heterocycles. The quantitative estimate of drug-likeness (QED) is 0.258. The number of aromatic amines is 1. The molecular formula is C36H24N2. The summed E-state index contributed by atoms with van der Waals surface area (Å²) in [6.45, 7) is 0. The van der Waals surface area contributed by atoms with E-state index in [-0.39, 0.29) is 0 Å². The largest absolute Gasteiger partial charge is 0.353 e. The summed E-state index contributed by atoms with van der Waals surface area (Å²) in [5, 5.41) is 5.04. The van der Waals surface area contributed by atoms with E-state index in [9.17, 15) is 0 Å². The first-order valence-corrected chi connectivity index (χ1v) is 13.0. The van der Waals surface area contributed by atoms with Crippen molar-refractivity contribution in [3.63, 3.8) is 0 Å². The zero-order chi connectivity index (χ0) is 25.1. The van der Waals surface area contributed by atoms with Gasteiger partial charge in [0.25, 0.3) is 0 Å². The van der Waals surface area contributed by atoms with Gasteiger partial charge >= 0.3 is 0 Å². The van der Waals surface area contributed by atoms with Gasteiger partial charge in [0.05, 0.1) is 16.6 Å². The minimum atomic E-state index is 1.16. The molecule has 0 bridgehead atoms. The van der Waals surface area contributed by atoms with Crippen LogP contribution in [0.15, 0.2) is 140 Å². The molecule has 1 N–H and O–H groups in total. The SMILES string of the molecule is c1ccc(-c2cccc(-c3ccc(-n4c5ccccc5c5ccc6c7ccccc7[nH]c6c54)cc3)c2)cc1. The van der Waals surface area contributed by atoms with Crippen molar-refractivity contribution in [2.75, 3.05) is 0 Å². The highest BCUT2D eigenvalue weighted by Gasteiger charge is 2.17. The second-order valence-electron chi connectivity index (χ2n) is 9.90. The van der Waals surface area contributed by atoms with Gasteiger partial charge in [0.15, 0.2) is 0 Å². The molecule has 178 valence electrons. The number of fused-ring (bicyclic) bond motifs is 7. The molecule has 38 heavy (non-hydrogen) atoms. The Bertz CT molecular complexity index is 2110. The van der Waals surface area contributed by atoms with Crippen molar-refractivity contribution in [1.29, 1.82) is 0 Å². The number of aromatic nitrogens is 2. The summed E-state index contributed by atoms with van der Waals surface area (Å²) in [6.07, 6.45) is 0. The summed E-state index contributed by atoms with van der Waals surface area (Å²) in [5.41, 5.74) is 10.8. The Labute approximate surface area is 220 Å². The third-order valence-electron chi connectivity index (χ3n) is 7.74. The number of hydrogen-bond donors (Lipinski definition) is 1. The lowest BCUT2D eigenvalue weighted by atomic mass is 9.99. The van der Waals surface area contributed by atoms with Gasteiger partial charge in [0.1, 0.15) is 0 Å². The normalized spacial score (nSPS) is 11.7. The minimum absolute atomic E-state index is 1.16. The molecular weight excluding hydrogens is 460 g/mol. The van der Waals surface area contributed by atoms with Gasteiger partial charge in [-0.1, -0.05) is 109 Å². The summed E-state index contributed by atoms with van der Waals surface area (Å²) >= 11 is 0. The molecule has 2 heteroatoms. The number of nitrogens with zero attached hydrogens (tertiary/aromatic N) is 1. The van der Waals surface area contributed by atoms with Gasteiger partial charge in [-0.2, -0.15) is 0 Å². The molecule has 0 fully saturated rings. The molecule has 8 rings (SSSR count). The minimum Gasteiger partial charge on any atom is -0.353 e. The fourth-order valence-corrected chi connectivity index (χ4v) is 5.95. The van der Waals surface area contributed by atoms with E-state index in [2.05, 4.69) is 149 Å². The van der Waals surface area contributed by atoms with Crippen LogP contribution >= 0.6 is 0 Å². The average molecular weight is 485 g/mol. The molecule has 6 aromatic carbocycles. The van der Waals surface area contributed by atoms with Crippen LogP contribution in [0.5, 0.6) is 0 Å². The van der Waals surface area contributed by atoms with Crippen molar-refractivity contribution in [2.45, 2.75) is 0 Å². The molecule has 0 aliphatic rings. The number of para-hydroxylation sites is 2. The Morgan fingerprint density at radius 3 is 1.87 bits per heavy atom. The molecule has 0 saturated heterocycles. The van der Waals surface area contributed by atoms with Gasteiger partial charge in [-0.25, -0.2) is 0 Å². The Morgan fingerprint density at radius 2 is 1.05 bits per heavy atom. The van der Waals surface area contributed by atoms with E-state index in [4.69, 9.17) is 0 Å². The fourth-order valence-electron chi connectivity index (χ4n) is 5.95. The molecule has 0 saturated carbocycles. The van der Waals surface area contributed by atoms with E-state index in [0.29, 0.717) is 0 Å². The van der Waals surface area contributed by atoms with Crippen LogP contribution in [0.1, 0.15) is 0 Å². The molecule has 0 radical (unpaired) electrons. The van der Waals surface area contributed by atoms with Gasteiger partial charge < -0.3 is 9.55 Å². The molecule has 0 unspecified atom stereocenters. The van der Waals surface area contributed by atoms with Crippen LogP contribution in [0, 0.1) is 0 Å². The number of rotatable bonds is 3. The van der Waals surface area contributed by atoms with E-state index in [1.54, 1.807) is 0 Å². The number of H-pyrrole nitrogens is 1. The van der Waals surface area contributed by atoms with Crippen molar-refractivity contribution in [3.05, 3.63) is 140 Å². The number of benzene rings is 6. The molecule has 0 aliphatic heterocycles. The van der Waals surface area contributed by atoms with Crippen LogP contribution in [0.2, 0.25) is 0 Å². The summed E-state index contributed by atoms with van der Waals surface area (Å²) in [6, 6.07) is 50.1. The molecule has 0 spiro atoms. The second-order valence-corrected chi connectivity index (χ2v) is 9.90. The topological polar surface area (TPSA) is 20.7 Å². The molecule has 0 aliphatic carbocycles. The standard InChI is InChI=1S/C36H24N2/c1-2-9-24(10-3-1)26-11-8-12-27(23-26)25-17-19-28(20-18-25)38-34-16-7-5-14-30(34)32-22-21-31-29-13-4-6-15-33(29)37-35(31)36(32)38/h1-23,37H. The van der Waals surface area contributed by atoms with Gasteiger partial charge in [-0.05, 0) is 52.6 Å². The summed E-state index contributed by atoms with van der Waals surface area (Å²) in [5.74, 6) is 0. The number of hydrogen-bond acceptors (Lipinski definition) is 0. The van der Waals surface area contributed by atoms with Crippen LogP contribution in [-0.2, 0) is 0 Å². The third-order valence-corrected chi connectivity index (χ3v) is 7.74. The van der Waals surface area contributed by atoms with E-state index >= 15 is 0 Å². The highest BCUT2D eigenvalue weighted by atomic mass is 15.0. The summed E-state index contributed by atoms with van der Waals surface area (Å²) in [7, 11) is 0. The van der Waals surface area contributed by atoms with Gasteiger partial charge in [0.2, 0.25) is 0 Å². The van der Waals surface area contributed by atoms with Gasteiger partial charge in [-0.3, -0.25) is 0 Å². The monoisotopic (exact) mass is 484 g/mol. The molecule has 0 amide bonds. The van der Waals surface area contributed by atoms with Crippen molar-refractivity contribution < 1.29 is 0 Å². The maximum atomic E-state index is 3.73. The predicted octanol–water partition coefficient (Wildman–Crippen LogP) is 9.75. The highest BCUT2D eigenvalue weighted by Crippen LogP contribution is 2.39. The number of nitrogens with one attached hydrogen (secondary N) is 1. The van der Waals surface area contributed by atoms with Crippen LogP contribution in [-0.4, -0.2) is 9.55 Å². The van der Waals surface area contributed by atoms with Crippen LogP contribution < -0.4 is 0 Å². The van der Waals surface area contributed by atoms with Crippen LogP contribution in [0.3, 0.4) is 0 Å². The van der Waals surface area contributed by atoms with E-state index in [1.165, 1.54) is 65.9 Å². The van der Waals surface area contributed by atoms with Crippen molar-refractivity contribution in [1.82, 2.24) is 9.55 Å². The zero-order valence-corrected chi connectivity index (χ0v) is 20.7. The lowest BCUT2D eigenvalue weighted by Gasteiger charge is -2.11. The maximum Gasteiger partial charge on any atom is 0.0783 e. The predicted molar refractivity (Wildman–Crippen MR) is 161 cm³/mol. The Balaban J connectivity index is 1.32.